The molecule has 6 aromatic rings. The fourth-order valence-electron chi connectivity index (χ4n) is 4.41. The molecule has 0 spiro atoms. The number of rotatable bonds is 7. The fourth-order valence-corrected chi connectivity index (χ4v) is 4.41. The molecule has 38 heavy (non-hydrogen) atoms. The Morgan fingerprint density at radius 1 is 0.632 bits per heavy atom. The van der Waals surface area contributed by atoms with Gasteiger partial charge < -0.3 is 19.5 Å². The van der Waals surface area contributed by atoms with Gasteiger partial charge in [-0.05, 0) is 36.4 Å². The zero-order valence-electron chi connectivity index (χ0n) is 20.9. The molecule has 0 fully saturated rings. The highest BCUT2D eigenvalue weighted by molar-refractivity contribution is 6.00. The number of pyridine rings is 1. The first-order valence-corrected chi connectivity index (χ1v) is 12.1. The highest BCUT2D eigenvalue weighted by Crippen LogP contribution is 2.37. The molecule has 0 radical (unpaired) electrons. The van der Waals surface area contributed by atoms with E-state index in [1.54, 1.807) is 20.4 Å². The van der Waals surface area contributed by atoms with Gasteiger partial charge in [0.1, 0.15) is 17.2 Å². The van der Waals surface area contributed by atoms with Gasteiger partial charge in [0.15, 0.2) is 17.3 Å². The normalized spacial score (nSPS) is 10.9. The highest BCUT2D eigenvalue weighted by Gasteiger charge is 2.13. The number of methoxy groups -OCH3 is 2. The second-order valence-electron chi connectivity index (χ2n) is 8.59. The molecule has 2 aromatic heterocycles. The summed E-state index contributed by atoms with van der Waals surface area (Å²) in [6.07, 6.45) is 1.71. The predicted octanol–water partition coefficient (Wildman–Crippen LogP) is 7.40. The van der Waals surface area contributed by atoms with Gasteiger partial charge >= 0.3 is 0 Å². The van der Waals surface area contributed by atoms with Gasteiger partial charge in [0.25, 0.3) is 0 Å². The number of hydrogen-bond donors (Lipinski definition) is 1. The maximum absolute atomic E-state index is 6.21. The molecule has 7 heteroatoms. The van der Waals surface area contributed by atoms with Crippen molar-refractivity contribution in [3.8, 4) is 34.3 Å². The van der Waals surface area contributed by atoms with Crippen molar-refractivity contribution in [3.05, 3.63) is 103 Å². The van der Waals surface area contributed by atoms with Crippen molar-refractivity contribution >= 4 is 33.2 Å². The Kier molecular flexibility index (Phi) is 6.16. The SMILES string of the molecule is COc1cc2nccc(Oc3ccc(Nc4nnc(-c5ccccc5)c5ccccc45)cc3)c2cc1OC. The first-order chi connectivity index (χ1) is 18.7. The van der Waals surface area contributed by atoms with Crippen molar-refractivity contribution in [2.45, 2.75) is 0 Å². The zero-order chi connectivity index (χ0) is 25.9. The third-order valence-corrected chi connectivity index (χ3v) is 6.29. The van der Waals surface area contributed by atoms with Crippen LogP contribution < -0.4 is 19.5 Å². The molecule has 4 aromatic carbocycles. The van der Waals surface area contributed by atoms with E-state index < -0.39 is 0 Å². The first kappa shape index (κ1) is 23.2. The lowest BCUT2D eigenvalue weighted by Gasteiger charge is -2.13. The van der Waals surface area contributed by atoms with Crippen LogP contribution in [0, 0.1) is 0 Å². The molecule has 0 aliphatic rings. The van der Waals surface area contributed by atoms with Gasteiger partial charge in [0.05, 0.1) is 19.7 Å². The monoisotopic (exact) mass is 500 g/mol. The van der Waals surface area contributed by atoms with E-state index in [2.05, 4.69) is 26.6 Å². The summed E-state index contributed by atoms with van der Waals surface area (Å²) in [7, 11) is 3.21. The zero-order valence-corrected chi connectivity index (χ0v) is 20.9. The molecule has 0 bridgehead atoms. The summed E-state index contributed by atoms with van der Waals surface area (Å²) in [5.74, 6) is 3.28. The molecule has 0 saturated heterocycles. The molecule has 1 N–H and O–H groups in total. The van der Waals surface area contributed by atoms with Crippen LogP contribution in [0.4, 0.5) is 11.5 Å². The van der Waals surface area contributed by atoms with Crippen LogP contribution in [0.25, 0.3) is 32.9 Å². The molecule has 6 rings (SSSR count). The second-order valence-corrected chi connectivity index (χ2v) is 8.59. The van der Waals surface area contributed by atoms with Crippen LogP contribution in [-0.4, -0.2) is 29.4 Å². The minimum absolute atomic E-state index is 0.615. The molecule has 0 saturated carbocycles. The van der Waals surface area contributed by atoms with Crippen molar-refractivity contribution in [2.24, 2.45) is 0 Å². The fraction of sp³-hybridized carbons (Fsp3) is 0.0645. The van der Waals surface area contributed by atoms with Gasteiger partial charge in [-0.1, -0.05) is 54.6 Å². The van der Waals surface area contributed by atoms with E-state index in [1.165, 1.54) is 0 Å². The van der Waals surface area contributed by atoms with Crippen LogP contribution in [0.2, 0.25) is 0 Å². The minimum Gasteiger partial charge on any atom is -0.493 e. The summed E-state index contributed by atoms with van der Waals surface area (Å²) in [6, 6.07) is 31.5. The second kappa shape index (κ2) is 10.1. The summed E-state index contributed by atoms with van der Waals surface area (Å²) < 4.78 is 17.1. The Hall–Kier alpha value is -5.17. The number of fused-ring (bicyclic) bond motifs is 2. The smallest absolute Gasteiger partial charge is 0.162 e. The summed E-state index contributed by atoms with van der Waals surface area (Å²) >= 11 is 0. The van der Waals surface area contributed by atoms with Crippen LogP contribution >= 0.6 is 0 Å². The van der Waals surface area contributed by atoms with Crippen LogP contribution in [0.5, 0.6) is 23.0 Å². The van der Waals surface area contributed by atoms with Crippen LogP contribution in [0.1, 0.15) is 0 Å². The van der Waals surface area contributed by atoms with Gasteiger partial charge in [-0.3, -0.25) is 4.98 Å². The molecule has 7 nitrogen and oxygen atoms in total. The Morgan fingerprint density at radius 2 is 1.34 bits per heavy atom. The lowest BCUT2D eigenvalue weighted by Crippen LogP contribution is -1.99. The molecule has 0 atom stereocenters. The molecular formula is C31H24N4O3. The molecule has 0 aliphatic carbocycles. The van der Waals surface area contributed by atoms with E-state index in [1.807, 2.05) is 91.0 Å². The van der Waals surface area contributed by atoms with Crippen molar-refractivity contribution < 1.29 is 14.2 Å². The quantitative estimate of drug-likeness (QED) is 0.245. The molecule has 186 valence electrons. The number of aromatic nitrogens is 3. The van der Waals surface area contributed by atoms with Gasteiger partial charge in [-0.15, -0.1) is 10.2 Å². The lowest BCUT2D eigenvalue weighted by atomic mass is 10.0. The van der Waals surface area contributed by atoms with E-state index in [4.69, 9.17) is 14.2 Å². The van der Waals surface area contributed by atoms with Gasteiger partial charge in [-0.25, -0.2) is 0 Å². The topological polar surface area (TPSA) is 78.4 Å². The molecule has 0 unspecified atom stereocenters. The van der Waals surface area contributed by atoms with Crippen LogP contribution in [-0.2, 0) is 0 Å². The molecule has 0 amide bonds. The van der Waals surface area contributed by atoms with E-state index in [9.17, 15) is 0 Å². The number of nitrogens with one attached hydrogen (secondary N) is 1. The van der Waals surface area contributed by atoms with E-state index >= 15 is 0 Å². The minimum atomic E-state index is 0.615. The van der Waals surface area contributed by atoms with Crippen LogP contribution in [0.3, 0.4) is 0 Å². The van der Waals surface area contributed by atoms with Crippen molar-refractivity contribution in [1.82, 2.24) is 15.2 Å². The molecular weight excluding hydrogens is 476 g/mol. The Bertz CT molecular complexity index is 1740. The Labute approximate surface area is 219 Å². The van der Waals surface area contributed by atoms with Gasteiger partial charge in [0.2, 0.25) is 0 Å². The summed E-state index contributed by atoms with van der Waals surface area (Å²) in [4.78, 5) is 4.44. The highest BCUT2D eigenvalue weighted by atomic mass is 16.5. The number of benzene rings is 4. The van der Waals surface area contributed by atoms with Crippen LogP contribution in [0.15, 0.2) is 103 Å². The maximum Gasteiger partial charge on any atom is 0.162 e. The third-order valence-electron chi connectivity index (χ3n) is 6.29. The van der Waals surface area contributed by atoms with E-state index in [0.29, 0.717) is 28.8 Å². The van der Waals surface area contributed by atoms with E-state index in [0.717, 1.165) is 38.6 Å². The standard InChI is InChI=1S/C31H24N4O3/c1-36-28-18-25-26(19-29(28)37-2)32-17-16-27(25)38-22-14-12-21(13-15-22)33-31-24-11-7-6-10-23(24)30(34-35-31)20-8-4-3-5-9-20/h3-19H,1-2H3,(H,33,35). The summed E-state index contributed by atoms with van der Waals surface area (Å²) in [5, 5.41) is 15.3. The van der Waals surface area contributed by atoms with Crippen molar-refractivity contribution in [1.29, 1.82) is 0 Å². The van der Waals surface area contributed by atoms with Crippen molar-refractivity contribution in [2.75, 3.05) is 19.5 Å². The summed E-state index contributed by atoms with van der Waals surface area (Å²) in [6.45, 7) is 0. The average Bonchev–Trinajstić information content (AvgIpc) is 2.98. The Morgan fingerprint density at radius 3 is 2.11 bits per heavy atom. The number of nitrogens with zero attached hydrogens (tertiary/aromatic N) is 3. The number of anilines is 2. The first-order valence-electron chi connectivity index (χ1n) is 12.1. The maximum atomic E-state index is 6.21. The average molecular weight is 501 g/mol. The molecule has 0 aliphatic heterocycles. The lowest BCUT2D eigenvalue weighted by molar-refractivity contribution is 0.355. The van der Waals surface area contributed by atoms with E-state index in [-0.39, 0.29) is 0 Å². The number of ether oxygens (including phenoxy) is 3. The molecule has 2 heterocycles. The van der Waals surface area contributed by atoms with Gasteiger partial charge in [-0.2, -0.15) is 0 Å². The number of hydrogen-bond acceptors (Lipinski definition) is 7. The predicted molar refractivity (Wildman–Crippen MR) is 150 cm³/mol. The van der Waals surface area contributed by atoms with Gasteiger partial charge in [0, 0.05) is 39.7 Å². The largest absolute Gasteiger partial charge is 0.493 e. The Balaban J connectivity index is 1.27. The third kappa shape index (κ3) is 4.41. The summed E-state index contributed by atoms with van der Waals surface area (Å²) in [5.41, 5.74) is 3.51. The van der Waals surface area contributed by atoms with Crippen molar-refractivity contribution in [3.63, 3.8) is 0 Å².